The molecule has 2 amide bonds. The minimum absolute atomic E-state index is 0.0990. The van der Waals surface area contributed by atoms with Gasteiger partial charge >= 0.3 is 17.9 Å². The second kappa shape index (κ2) is 14.1. The monoisotopic (exact) mass is 599 g/mol. The molecule has 3 aromatic rings. The molecule has 1 heterocycles. The first-order valence-electron chi connectivity index (χ1n) is 13.0. The van der Waals surface area contributed by atoms with E-state index in [4.69, 9.17) is 5.11 Å². The van der Waals surface area contributed by atoms with Crippen LogP contribution in [0, 0.1) is 12.7 Å². The van der Waals surface area contributed by atoms with Crippen molar-refractivity contribution in [1.29, 1.82) is 0 Å². The highest BCUT2D eigenvalue weighted by Crippen LogP contribution is 2.19. The van der Waals surface area contributed by atoms with Gasteiger partial charge in [0.2, 0.25) is 5.91 Å². The molecule has 0 radical (unpaired) electrons. The van der Waals surface area contributed by atoms with Crippen LogP contribution in [0.15, 0.2) is 47.3 Å². The molecule has 43 heavy (non-hydrogen) atoms. The van der Waals surface area contributed by atoms with Crippen LogP contribution in [0.2, 0.25) is 0 Å². The molecule has 0 aliphatic heterocycles. The molecule has 1 aromatic heterocycles. The minimum atomic E-state index is -1.64. The number of rotatable bonds is 14. The van der Waals surface area contributed by atoms with Crippen LogP contribution in [-0.2, 0) is 25.7 Å². The number of benzene rings is 2. The van der Waals surface area contributed by atoms with Crippen LogP contribution in [-0.4, -0.2) is 84.2 Å². The number of halogens is 1. The van der Waals surface area contributed by atoms with Gasteiger partial charge in [-0.25, -0.2) is 24.0 Å². The van der Waals surface area contributed by atoms with Crippen LogP contribution in [0.1, 0.15) is 47.4 Å². The zero-order valence-corrected chi connectivity index (χ0v) is 23.2. The number of carbonyl (C=O) groups excluding carboxylic acids is 2. The molecule has 3 rings (SSSR count). The van der Waals surface area contributed by atoms with Gasteiger partial charge in [-0.15, -0.1) is 0 Å². The lowest BCUT2D eigenvalue weighted by Gasteiger charge is -2.36. The highest BCUT2D eigenvalue weighted by atomic mass is 19.1. The van der Waals surface area contributed by atoms with Crippen LogP contribution in [0.25, 0.3) is 10.9 Å². The Morgan fingerprint density at radius 1 is 1.00 bits per heavy atom. The second-order valence-electron chi connectivity index (χ2n) is 9.73. The molecule has 0 spiro atoms. The van der Waals surface area contributed by atoms with Gasteiger partial charge in [0.15, 0.2) is 0 Å². The molecule has 0 unspecified atom stereocenters. The van der Waals surface area contributed by atoms with Gasteiger partial charge in [0.25, 0.3) is 11.5 Å². The van der Waals surface area contributed by atoms with E-state index in [0.717, 1.165) is 17.1 Å². The van der Waals surface area contributed by atoms with E-state index >= 15 is 0 Å². The molecule has 0 aliphatic rings. The first-order chi connectivity index (χ1) is 20.3. The zero-order chi connectivity index (χ0) is 31.8. The fraction of sp³-hybridized carbons (Fsp3) is 0.321. The summed E-state index contributed by atoms with van der Waals surface area (Å²) in [6.07, 6.45) is -2.11. The molecule has 0 fully saturated rings. The molecule has 0 bridgehead atoms. The molecule has 2 aromatic carbocycles. The van der Waals surface area contributed by atoms with Gasteiger partial charge in [-0.2, -0.15) is 0 Å². The largest absolute Gasteiger partial charge is 0.481 e. The summed E-state index contributed by atoms with van der Waals surface area (Å²) in [6.45, 7) is 1.52. The van der Waals surface area contributed by atoms with E-state index in [2.05, 4.69) is 15.3 Å². The number of carboxylic acids is 3. The summed E-state index contributed by atoms with van der Waals surface area (Å²) in [4.78, 5) is 80.4. The summed E-state index contributed by atoms with van der Waals surface area (Å²) in [5.41, 5.74) is 0.108. The highest BCUT2D eigenvalue weighted by Gasteiger charge is 2.34. The molecular formula is C28H30FN5O9. The summed E-state index contributed by atoms with van der Waals surface area (Å²) in [5.74, 6) is -6.67. The Labute approximate surface area is 243 Å². The van der Waals surface area contributed by atoms with Crippen LogP contribution in [0.3, 0.4) is 0 Å². The van der Waals surface area contributed by atoms with Crippen molar-refractivity contribution in [2.24, 2.45) is 0 Å². The topological polar surface area (TPSA) is 210 Å². The summed E-state index contributed by atoms with van der Waals surface area (Å²) in [5, 5.41) is 33.1. The van der Waals surface area contributed by atoms with Crippen molar-refractivity contribution in [1.82, 2.24) is 25.3 Å². The number of aliphatic carboxylic acids is 3. The van der Waals surface area contributed by atoms with Crippen LogP contribution < -0.4 is 10.9 Å². The van der Waals surface area contributed by atoms with Gasteiger partial charge in [0.1, 0.15) is 23.7 Å². The van der Waals surface area contributed by atoms with E-state index in [1.54, 1.807) is 19.1 Å². The molecular weight excluding hydrogens is 569 g/mol. The SMILES string of the molecule is Cc1nc2ccc(CN(C)N(C(=O)CC[C@H](NC(=O)c3ccccc3F)C(=O)O)[C@H](CCC(=O)O)C(=O)O)cc2c(=O)[nH]1. The quantitative estimate of drug-likeness (QED) is 0.168. The Morgan fingerprint density at radius 3 is 2.33 bits per heavy atom. The number of aromatic nitrogens is 2. The smallest absolute Gasteiger partial charge is 0.328 e. The Morgan fingerprint density at radius 2 is 1.70 bits per heavy atom. The van der Waals surface area contributed by atoms with E-state index < -0.39 is 84.4 Å². The molecule has 15 heteroatoms. The van der Waals surface area contributed by atoms with E-state index in [1.807, 2.05) is 0 Å². The summed E-state index contributed by atoms with van der Waals surface area (Å²) in [6, 6.07) is 6.37. The Hall–Kier alpha value is -5.18. The highest BCUT2D eigenvalue weighted by molar-refractivity contribution is 5.97. The van der Waals surface area contributed by atoms with E-state index in [1.165, 1.54) is 30.3 Å². The molecule has 0 saturated carbocycles. The number of H-pyrrole nitrogens is 1. The van der Waals surface area contributed by atoms with Crippen molar-refractivity contribution in [3.05, 3.63) is 75.6 Å². The Kier molecular flexibility index (Phi) is 10.6. The third kappa shape index (κ3) is 8.42. The van der Waals surface area contributed by atoms with Gasteiger partial charge in [-0.05, 0) is 49.6 Å². The van der Waals surface area contributed by atoms with Crippen molar-refractivity contribution in [3.8, 4) is 0 Å². The lowest BCUT2D eigenvalue weighted by molar-refractivity contribution is -0.168. The molecule has 228 valence electrons. The van der Waals surface area contributed by atoms with Crippen molar-refractivity contribution >= 4 is 40.6 Å². The van der Waals surface area contributed by atoms with Crippen LogP contribution in [0.4, 0.5) is 4.39 Å². The van der Waals surface area contributed by atoms with Gasteiger partial charge in [-0.1, -0.05) is 18.2 Å². The summed E-state index contributed by atoms with van der Waals surface area (Å²) >= 11 is 0. The lowest BCUT2D eigenvalue weighted by Crippen LogP contribution is -2.53. The fourth-order valence-corrected chi connectivity index (χ4v) is 4.48. The Balaban J connectivity index is 1.85. The third-order valence-corrected chi connectivity index (χ3v) is 6.50. The molecule has 14 nitrogen and oxygen atoms in total. The minimum Gasteiger partial charge on any atom is -0.481 e. The standard InChI is InChI=1S/C28H30FN5O9/c1-15-30-20-8-7-16(13-18(20)26(39)31-15)14-33(2)34(22(28(42)43)10-12-24(36)37)23(35)11-9-21(27(40)41)32-25(38)17-5-3-4-6-19(17)29/h3-8,13,21-22H,9-12,14H2,1-2H3,(H,32,38)(H,36,37)(H,40,41)(H,42,43)(H,30,31,39)/t21-,22+/m0/s1. The van der Waals surface area contributed by atoms with Gasteiger partial charge in [-0.3, -0.25) is 24.2 Å². The van der Waals surface area contributed by atoms with Crippen LogP contribution in [0.5, 0.6) is 0 Å². The number of fused-ring (bicyclic) bond motifs is 1. The average molecular weight is 600 g/mol. The molecule has 2 atom stereocenters. The maximum Gasteiger partial charge on any atom is 0.328 e. The lowest BCUT2D eigenvalue weighted by atomic mass is 10.1. The first-order valence-corrected chi connectivity index (χ1v) is 13.0. The Bertz CT molecular complexity index is 1610. The number of nitrogens with zero attached hydrogens (tertiary/aromatic N) is 3. The van der Waals surface area contributed by atoms with Crippen molar-refractivity contribution in [2.45, 2.75) is 51.2 Å². The van der Waals surface area contributed by atoms with Gasteiger partial charge < -0.3 is 25.6 Å². The second-order valence-corrected chi connectivity index (χ2v) is 9.73. The van der Waals surface area contributed by atoms with E-state index in [0.29, 0.717) is 16.9 Å². The number of aryl methyl sites for hydroxylation is 1. The number of hydrogen-bond acceptors (Lipinski definition) is 8. The van der Waals surface area contributed by atoms with Gasteiger partial charge in [0.05, 0.1) is 16.5 Å². The zero-order valence-electron chi connectivity index (χ0n) is 23.2. The number of aromatic amines is 1. The number of nitrogens with one attached hydrogen (secondary N) is 2. The molecule has 0 aliphatic carbocycles. The van der Waals surface area contributed by atoms with E-state index in [9.17, 15) is 43.4 Å². The van der Waals surface area contributed by atoms with Crippen molar-refractivity contribution in [3.63, 3.8) is 0 Å². The normalized spacial score (nSPS) is 12.5. The molecule has 5 N–H and O–H groups in total. The number of hydrazine groups is 1. The van der Waals surface area contributed by atoms with Crippen molar-refractivity contribution < 1.29 is 43.7 Å². The maximum atomic E-state index is 14.0. The van der Waals surface area contributed by atoms with E-state index in [-0.39, 0.29) is 11.9 Å². The predicted octanol–water partition coefficient (Wildman–Crippen LogP) is 1.53. The fourth-order valence-electron chi connectivity index (χ4n) is 4.48. The number of amides is 2. The number of carbonyl (C=O) groups is 5. The summed E-state index contributed by atoms with van der Waals surface area (Å²) in [7, 11) is 1.38. The maximum absolute atomic E-state index is 14.0. The predicted molar refractivity (Wildman–Crippen MR) is 148 cm³/mol. The number of carboxylic acid groups (broad SMARTS) is 3. The van der Waals surface area contributed by atoms with Crippen molar-refractivity contribution in [2.75, 3.05) is 7.05 Å². The number of hydrogen-bond donors (Lipinski definition) is 5. The van der Waals surface area contributed by atoms with Crippen LogP contribution >= 0.6 is 0 Å². The molecule has 0 saturated heterocycles. The van der Waals surface area contributed by atoms with Gasteiger partial charge in [0, 0.05) is 26.4 Å². The first kappa shape index (κ1) is 32.3. The third-order valence-electron chi connectivity index (χ3n) is 6.50. The summed E-state index contributed by atoms with van der Waals surface area (Å²) < 4.78 is 14.0. The average Bonchev–Trinajstić information content (AvgIpc) is 2.92.